The number of hydrogen-bond acceptors (Lipinski definition) is 4. The minimum absolute atomic E-state index is 0.0230. The number of nitrogens with zero attached hydrogens (tertiary/aromatic N) is 1. The van der Waals surface area contributed by atoms with Gasteiger partial charge in [-0.25, -0.2) is 0 Å². The molecule has 138 valence electrons. The zero-order chi connectivity index (χ0) is 18.0. The molecule has 5 heteroatoms. The zero-order valence-corrected chi connectivity index (χ0v) is 15.1. The quantitative estimate of drug-likeness (QED) is 0.717. The lowest BCUT2D eigenvalue weighted by molar-refractivity contribution is -0.119. The Hall–Kier alpha value is -2.53. The fraction of sp³-hybridized carbons (Fsp3) is 0.381. The van der Waals surface area contributed by atoms with E-state index in [2.05, 4.69) is 33.7 Å². The molecular formula is C21H27N3O2. The van der Waals surface area contributed by atoms with Crippen molar-refractivity contribution in [1.82, 2.24) is 5.32 Å². The molecule has 1 heterocycles. The highest BCUT2D eigenvalue weighted by Gasteiger charge is 2.14. The Labute approximate surface area is 155 Å². The number of carbonyl (C=O) groups is 1. The number of amides is 1. The Bertz CT molecular complexity index is 685. The van der Waals surface area contributed by atoms with Gasteiger partial charge < -0.3 is 20.3 Å². The van der Waals surface area contributed by atoms with E-state index in [1.165, 1.54) is 5.56 Å². The van der Waals surface area contributed by atoms with E-state index in [1.54, 1.807) is 0 Å². The van der Waals surface area contributed by atoms with Crippen molar-refractivity contribution in [2.24, 2.45) is 0 Å². The van der Waals surface area contributed by atoms with E-state index >= 15 is 0 Å². The molecule has 1 saturated heterocycles. The van der Waals surface area contributed by atoms with Crippen LogP contribution in [-0.2, 0) is 16.0 Å². The SMILES string of the molecule is O=C(CNc1ccccc1N1CCOCC1)NCCCc1ccccc1. The van der Waals surface area contributed by atoms with E-state index in [0.717, 1.165) is 50.5 Å². The second-order valence-corrected chi connectivity index (χ2v) is 6.41. The molecule has 26 heavy (non-hydrogen) atoms. The van der Waals surface area contributed by atoms with Gasteiger partial charge in [-0.15, -0.1) is 0 Å². The lowest BCUT2D eigenvalue weighted by atomic mass is 10.1. The molecule has 0 spiro atoms. The summed E-state index contributed by atoms with van der Waals surface area (Å²) in [4.78, 5) is 14.4. The highest BCUT2D eigenvalue weighted by Crippen LogP contribution is 2.25. The molecule has 0 bridgehead atoms. The lowest BCUT2D eigenvalue weighted by Gasteiger charge is -2.30. The molecule has 2 aromatic rings. The predicted octanol–water partition coefficient (Wildman–Crippen LogP) is 2.68. The Morgan fingerprint density at radius 2 is 1.73 bits per heavy atom. The molecule has 0 aliphatic carbocycles. The summed E-state index contributed by atoms with van der Waals surface area (Å²) in [5, 5.41) is 6.26. The number of ether oxygens (including phenoxy) is 1. The van der Waals surface area contributed by atoms with Gasteiger partial charge in [0.2, 0.25) is 5.91 Å². The number of rotatable bonds is 8. The van der Waals surface area contributed by atoms with Gasteiger partial charge >= 0.3 is 0 Å². The topological polar surface area (TPSA) is 53.6 Å². The van der Waals surface area contributed by atoms with Gasteiger partial charge in [0.05, 0.1) is 31.1 Å². The maximum absolute atomic E-state index is 12.1. The molecule has 1 amide bonds. The number of morpholine rings is 1. The van der Waals surface area contributed by atoms with Crippen molar-refractivity contribution < 1.29 is 9.53 Å². The van der Waals surface area contributed by atoms with Crippen molar-refractivity contribution in [3.8, 4) is 0 Å². The van der Waals surface area contributed by atoms with Gasteiger partial charge in [0, 0.05) is 19.6 Å². The van der Waals surface area contributed by atoms with Crippen molar-refractivity contribution in [2.45, 2.75) is 12.8 Å². The molecule has 3 rings (SSSR count). The summed E-state index contributed by atoms with van der Waals surface area (Å²) in [6, 6.07) is 18.5. The van der Waals surface area contributed by atoms with Crippen LogP contribution in [0.1, 0.15) is 12.0 Å². The van der Waals surface area contributed by atoms with Crippen LogP contribution in [0.25, 0.3) is 0 Å². The van der Waals surface area contributed by atoms with E-state index in [9.17, 15) is 4.79 Å². The Balaban J connectivity index is 1.41. The number of aryl methyl sites for hydroxylation is 1. The lowest BCUT2D eigenvalue weighted by Crippen LogP contribution is -2.37. The zero-order valence-electron chi connectivity index (χ0n) is 15.1. The van der Waals surface area contributed by atoms with Crippen LogP contribution >= 0.6 is 0 Å². The molecule has 2 N–H and O–H groups in total. The summed E-state index contributed by atoms with van der Waals surface area (Å²) >= 11 is 0. The smallest absolute Gasteiger partial charge is 0.239 e. The summed E-state index contributed by atoms with van der Waals surface area (Å²) in [5.41, 5.74) is 3.43. The molecule has 2 aromatic carbocycles. The van der Waals surface area contributed by atoms with Gasteiger partial charge in [-0.1, -0.05) is 42.5 Å². The van der Waals surface area contributed by atoms with E-state index in [0.29, 0.717) is 6.54 Å². The van der Waals surface area contributed by atoms with Gasteiger partial charge in [0.15, 0.2) is 0 Å². The Morgan fingerprint density at radius 3 is 2.54 bits per heavy atom. The minimum atomic E-state index is 0.0230. The number of para-hydroxylation sites is 2. The van der Waals surface area contributed by atoms with Crippen molar-refractivity contribution in [3.05, 3.63) is 60.2 Å². The largest absolute Gasteiger partial charge is 0.378 e. The molecule has 5 nitrogen and oxygen atoms in total. The fourth-order valence-corrected chi connectivity index (χ4v) is 3.11. The molecule has 0 radical (unpaired) electrons. The number of anilines is 2. The monoisotopic (exact) mass is 353 g/mol. The van der Waals surface area contributed by atoms with Crippen LogP contribution in [0.15, 0.2) is 54.6 Å². The van der Waals surface area contributed by atoms with E-state index in [-0.39, 0.29) is 12.5 Å². The molecule has 1 aliphatic rings. The summed E-state index contributed by atoms with van der Waals surface area (Å²) < 4.78 is 5.42. The van der Waals surface area contributed by atoms with Crippen molar-refractivity contribution in [1.29, 1.82) is 0 Å². The van der Waals surface area contributed by atoms with Crippen LogP contribution in [0.4, 0.5) is 11.4 Å². The predicted molar refractivity (Wildman–Crippen MR) is 106 cm³/mol. The van der Waals surface area contributed by atoms with Crippen LogP contribution in [0.3, 0.4) is 0 Å². The maximum Gasteiger partial charge on any atom is 0.239 e. The molecular weight excluding hydrogens is 326 g/mol. The minimum Gasteiger partial charge on any atom is -0.378 e. The highest BCUT2D eigenvalue weighted by atomic mass is 16.5. The average molecular weight is 353 g/mol. The molecule has 0 unspecified atom stereocenters. The van der Waals surface area contributed by atoms with Gasteiger partial charge in [0.1, 0.15) is 0 Å². The molecule has 1 fully saturated rings. The summed E-state index contributed by atoms with van der Waals surface area (Å²) in [6.07, 6.45) is 1.93. The van der Waals surface area contributed by atoms with E-state index in [1.807, 2.05) is 36.4 Å². The standard InChI is InChI=1S/C21H27N3O2/c25-21(22-12-6-9-18-7-2-1-3-8-18)17-23-19-10-4-5-11-20(19)24-13-15-26-16-14-24/h1-5,7-8,10-11,23H,6,9,12-17H2,(H,22,25). The average Bonchev–Trinajstić information content (AvgIpc) is 2.71. The van der Waals surface area contributed by atoms with Crippen molar-refractivity contribution in [2.75, 3.05) is 49.6 Å². The van der Waals surface area contributed by atoms with Gasteiger partial charge in [-0.2, -0.15) is 0 Å². The van der Waals surface area contributed by atoms with Crippen LogP contribution in [-0.4, -0.2) is 45.3 Å². The second kappa shape index (κ2) is 9.82. The van der Waals surface area contributed by atoms with Crippen molar-refractivity contribution >= 4 is 17.3 Å². The second-order valence-electron chi connectivity index (χ2n) is 6.41. The number of carbonyl (C=O) groups excluding carboxylic acids is 1. The molecule has 1 aliphatic heterocycles. The van der Waals surface area contributed by atoms with Crippen LogP contribution in [0.2, 0.25) is 0 Å². The van der Waals surface area contributed by atoms with Crippen LogP contribution in [0.5, 0.6) is 0 Å². The first-order chi connectivity index (χ1) is 12.8. The third-order valence-corrected chi connectivity index (χ3v) is 4.50. The summed E-state index contributed by atoms with van der Waals surface area (Å²) in [5.74, 6) is 0.0230. The Morgan fingerprint density at radius 1 is 1.00 bits per heavy atom. The fourth-order valence-electron chi connectivity index (χ4n) is 3.11. The van der Waals surface area contributed by atoms with Crippen LogP contribution in [0, 0.1) is 0 Å². The normalized spacial score (nSPS) is 14.1. The number of hydrogen-bond donors (Lipinski definition) is 2. The number of benzene rings is 2. The summed E-state index contributed by atoms with van der Waals surface area (Å²) in [6.45, 7) is 4.23. The first-order valence-electron chi connectivity index (χ1n) is 9.29. The number of nitrogens with one attached hydrogen (secondary N) is 2. The third kappa shape index (κ3) is 5.49. The summed E-state index contributed by atoms with van der Waals surface area (Å²) in [7, 11) is 0. The molecule has 0 saturated carbocycles. The first kappa shape index (κ1) is 18.3. The van der Waals surface area contributed by atoms with Crippen molar-refractivity contribution in [3.63, 3.8) is 0 Å². The highest BCUT2D eigenvalue weighted by molar-refractivity contribution is 5.82. The van der Waals surface area contributed by atoms with E-state index in [4.69, 9.17) is 4.74 Å². The van der Waals surface area contributed by atoms with E-state index < -0.39 is 0 Å². The van der Waals surface area contributed by atoms with Gasteiger partial charge in [0.25, 0.3) is 0 Å². The maximum atomic E-state index is 12.1. The van der Waals surface area contributed by atoms with Gasteiger partial charge in [-0.05, 0) is 30.5 Å². The first-order valence-corrected chi connectivity index (χ1v) is 9.29. The molecule has 0 atom stereocenters. The van der Waals surface area contributed by atoms with Gasteiger partial charge in [-0.3, -0.25) is 4.79 Å². The van der Waals surface area contributed by atoms with Crippen LogP contribution < -0.4 is 15.5 Å². The Kier molecular flexibility index (Phi) is 6.90. The molecule has 0 aromatic heterocycles. The third-order valence-electron chi connectivity index (χ3n) is 4.50.